The van der Waals surface area contributed by atoms with Crippen LogP contribution < -0.4 is 10.6 Å². The molecule has 0 aliphatic rings. The van der Waals surface area contributed by atoms with E-state index in [2.05, 4.69) is 0 Å². The first-order valence-corrected chi connectivity index (χ1v) is 6.93. The van der Waals surface area contributed by atoms with E-state index in [0.29, 0.717) is 12.2 Å². The van der Waals surface area contributed by atoms with Gasteiger partial charge >= 0.3 is 6.18 Å². The van der Waals surface area contributed by atoms with Crippen molar-refractivity contribution in [3.05, 3.63) is 51.7 Å². The number of hydrogen-bond donors (Lipinski definition) is 1. The van der Waals surface area contributed by atoms with Crippen LogP contribution in [0.25, 0.3) is 0 Å². The number of alkyl halides is 3. The monoisotopic (exact) mass is 300 g/mol. The van der Waals surface area contributed by atoms with E-state index in [-0.39, 0.29) is 12.1 Å². The topological polar surface area (TPSA) is 29.3 Å². The van der Waals surface area contributed by atoms with E-state index in [1.54, 1.807) is 29.4 Å². The maximum atomic E-state index is 13.0. The summed E-state index contributed by atoms with van der Waals surface area (Å²) in [5.41, 5.74) is 5.36. The molecule has 0 aliphatic heterocycles. The smallest absolute Gasteiger partial charge is 0.369 e. The van der Waals surface area contributed by atoms with Crippen molar-refractivity contribution in [2.24, 2.45) is 5.73 Å². The van der Waals surface area contributed by atoms with Crippen LogP contribution in [0.4, 0.5) is 18.9 Å². The molecule has 0 spiro atoms. The minimum atomic E-state index is -4.38. The Labute approximate surface area is 119 Å². The van der Waals surface area contributed by atoms with Gasteiger partial charge in [-0.05, 0) is 29.1 Å². The fourth-order valence-corrected chi connectivity index (χ4v) is 2.73. The average Bonchev–Trinajstić information content (AvgIpc) is 2.89. The van der Waals surface area contributed by atoms with Crippen molar-refractivity contribution in [2.75, 3.05) is 11.9 Å². The normalized spacial score (nSPS) is 11.7. The highest BCUT2D eigenvalue weighted by atomic mass is 32.1. The van der Waals surface area contributed by atoms with E-state index in [0.717, 1.165) is 10.9 Å². The molecule has 0 aliphatic carbocycles. The quantitative estimate of drug-likeness (QED) is 0.929. The molecule has 2 N–H and O–H groups in total. The van der Waals surface area contributed by atoms with Gasteiger partial charge in [0.2, 0.25) is 0 Å². The van der Waals surface area contributed by atoms with Gasteiger partial charge in [0.25, 0.3) is 0 Å². The van der Waals surface area contributed by atoms with E-state index in [9.17, 15) is 13.2 Å². The zero-order valence-electron chi connectivity index (χ0n) is 10.9. The summed E-state index contributed by atoms with van der Waals surface area (Å²) in [6.07, 6.45) is -4.38. The third-order valence-electron chi connectivity index (χ3n) is 3.03. The zero-order chi connectivity index (χ0) is 14.8. The van der Waals surface area contributed by atoms with Crippen LogP contribution >= 0.6 is 11.3 Å². The molecule has 1 aromatic heterocycles. The number of nitrogens with zero attached hydrogens (tertiary/aromatic N) is 1. The van der Waals surface area contributed by atoms with Crippen molar-refractivity contribution in [1.29, 1.82) is 0 Å². The third kappa shape index (κ3) is 3.32. The lowest BCUT2D eigenvalue weighted by atomic mass is 10.1. The summed E-state index contributed by atoms with van der Waals surface area (Å²) in [5.74, 6) is 0. The predicted molar refractivity (Wildman–Crippen MR) is 75.8 cm³/mol. The van der Waals surface area contributed by atoms with Gasteiger partial charge in [-0.25, -0.2) is 0 Å². The minimum Gasteiger partial charge on any atom is -0.369 e. The molecule has 0 saturated heterocycles. The molecule has 2 rings (SSSR count). The molecule has 2 nitrogen and oxygen atoms in total. The third-order valence-corrected chi connectivity index (χ3v) is 3.89. The van der Waals surface area contributed by atoms with Gasteiger partial charge in [-0.15, -0.1) is 11.3 Å². The second-order valence-corrected chi connectivity index (χ2v) is 5.51. The number of thiophene rings is 1. The minimum absolute atomic E-state index is 0.116. The predicted octanol–water partition coefficient (Wildman–Crippen LogP) is 3.86. The summed E-state index contributed by atoms with van der Waals surface area (Å²) in [4.78, 5) is 2.89. The number of anilines is 1. The van der Waals surface area contributed by atoms with E-state index >= 15 is 0 Å². The maximum Gasteiger partial charge on any atom is 0.416 e. The first kappa shape index (κ1) is 14.9. The van der Waals surface area contributed by atoms with Gasteiger partial charge in [0, 0.05) is 24.2 Å². The van der Waals surface area contributed by atoms with Gasteiger partial charge in [-0.3, -0.25) is 0 Å². The Hall–Kier alpha value is -1.53. The molecule has 0 saturated carbocycles. The molecular formula is C14H15F3N2S. The molecule has 6 heteroatoms. The Morgan fingerprint density at radius 3 is 2.55 bits per heavy atom. The summed E-state index contributed by atoms with van der Waals surface area (Å²) >= 11 is 1.58. The number of halogens is 3. The molecule has 1 heterocycles. The molecule has 0 bridgehead atoms. The molecule has 108 valence electrons. The van der Waals surface area contributed by atoms with Crippen molar-refractivity contribution in [3.63, 3.8) is 0 Å². The van der Waals surface area contributed by atoms with Crippen LogP contribution in [0.2, 0.25) is 0 Å². The second-order valence-electron chi connectivity index (χ2n) is 4.48. The van der Waals surface area contributed by atoms with E-state index in [1.165, 1.54) is 6.07 Å². The zero-order valence-corrected chi connectivity index (χ0v) is 11.8. The SMILES string of the molecule is CN(Cc1cccs1)c1ccc(CN)c(C(F)(F)F)c1. The summed E-state index contributed by atoms with van der Waals surface area (Å²) in [7, 11) is 1.78. The molecule has 0 radical (unpaired) electrons. The van der Waals surface area contributed by atoms with Gasteiger partial charge in [0.1, 0.15) is 0 Å². The van der Waals surface area contributed by atoms with Crippen LogP contribution in [-0.4, -0.2) is 7.05 Å². The summed E-state index contributed by atoms with van der Waals surface area (Å²) in [6, 6.07) is 8.16. The Morgan fingerprint density at radius 1 is 1.25 bits per heavy atom. The Morgan fingerprint density at radius 2 is 2.00 bits per heavy atom. The summed E-state index contributed by atoms with van der Waals surface area (Å²) in [6.45, 7) is 0.459. The number of rotatable bonds is 4. The lowest BCUT2D eigenvalue weighted by Crippen LogP contribution is -2.18. The van der Waals surface area contributed by atoms with Gasteiger partial charge in [0.05, 0.1) is 12.1 Å². The van der Waals surface area contributed by atoms with Gasteiger partial charge in [-0.1, -0.05) is 12.1 Å². The highest BCUT2D eigenvalue weighted by Gasteiger charge is 2.33. The van der Waals surface area contributed by atoms with Gasteiger partial charge < -0.3 is 10.6 Å². The number of benzene rings is 1. The van der Waals surface area contributed by atoms with Gasteiger partial charge in [0.15, 0.2) is 0 Å². The lowest BCUT2D eigenvalue weighted by molar-refractivity contribution is -0.138. The van der Waals surface area contributed by atoms with Crippen molar-refractivity contribution in [2.45, 2.75) is 19.3 Å². The van der Waals surface area contributed by atoms with Crippen molar-refractivity contribution in [3.8, 4) is 0 Å². The highest BCUT2D eigenvalue weighted by Crippen LogP contribution is 2.34. The van der Waals surface area contributed by atoms with E-state index < -0.39 is 11.7 Å². The fourth-order valence-electron chi connectivity index (χ4n) is 1.97. The molecule has 20 heavy (non-hydrogen) atoms. The average molecular weight is 300 g/mol. The van der Waals surface area contributed by atoms with Crippen LogP contribution in [0, 0.1) is 0 Å². The van der Waals surface area contributed by atoms with E-state index in [4.69, 9.17) is 5.73 Å². The Balaban J connectivity index is 2.28. The second kappa shape index (κ2) is 5.85. The van der Waals surface area contributed by atoms with Crippen molar-refractivity contribution in [1.82, 2.24) is 0 Å². The first-order valence-electron chi connectivity index (χ1n) is 6.05. The lowest BCUT2D eigenvalue weighted by Gasteiger charge is -2.21. The fraction of sp³-hybridized carbons (Fsp3) is 0.286. The first-order chi connectivity index (χ1) is 9.41. The largest absolute Gasteiger partial charge is 0.416 e. The molecule has 0 atom stereocenters. The Kier molecular flexibility index (Phi) is 4.35. The maximum absolute atomic E-state index is 13.0. The van der Waals surface area contributed by atoms with Crippen molar-refractivity contribution >= 4 is 17.0 Å². The molecule has 2 aromatic rings. The molecule has 0 fully saturated rings. The van der Waals surface area contributed by atoms with Crippen LogP contribution in [0.15, 0.2) is 35.7 Å². The summed E-state index contributed by atoms with van der Waals surface area (Å²) < 4.78 is 39.0. The van der Waals surface area contributed by atoms with Crippen LogP contribution in [0.1, 0.15) is 16.0 Å². The van der Waals surface area contributed by atoms with Crippen LogP contribution in [0.3, 0.4) is 0 Å². The Bertz CT molecular complexity index is 564. The molecule has 0 amide bonds. The number of hydrogen-bond acceptors (Lipinski definition) is 3. The van der Waals surface area contributed by atoms with E-state index in [1.807, 2.05) is 17.5 Å². The van der Waals surface area contributed by atoms with Crippen LogP contribution in [-0.2, 0) is 19.3 Å². The highest BCUT2D eigenvalue weighted by molar-refractivity contribution is 7.09. The summed E-state index contributed by atoms with van der Waals surface area (Å²) in [5, 5.41) is 1.95. The molecular weight excluding hydrogens is 285 g/mol. The standard InChI is InChI=1S/C14H15F3N2S/c1-19(9-12-3-2-6-20-12)11-5-4-10(8-18)13(7-11)14(15,16)17/h2-7H,8-9,18H2,1H3. The molecule has 0 unspecified atom stereocenters. The number of nitrogens with two attached hydrogens (primary N) is 1. The van der Waals surface area contributed by atoms with Crippen molar-refractivity contribution < 1.29 is 13.2 Å². The molecule has 1 aromatic carbocycles. The van der Waals surface area contributed by atoms with Gasteiger partial charge in [-0.2, -0.15) is 13.2 Å². The van der Waals surface area contributed by atoms with Crippen LogP contribution in [0.5, 0.6) is 0 Å².